The summed E-state index contributed by atoms with van der Waals surface area (Å²) in [4.78, 5) is 27.8. The Labute approximate surface area is 128 Å². The van der Waals surface area contributed by atoms with Gasteiger partial charge in [0.25, 0.3) is 0 Å². The number of nitrogens with one attached hydrogen (secondary N) is 1. The van der Waals surface area contributed by atoms with Gasteiger partial charge in [-0.15, -0.1) is 0 Å². The van der Waals surface area contributed by atoms with Crippen molar-refractivity contribution in [3.05, 3.63) is 58.9 Å². The maximum Gasteiger partial charge on any atom is 0.224 e. The third-order valence-corrected chi connectivity index (χ3v) is 3.14. The fraction of sp³-hybridized carbons (Fsp3) is 0.188. The van der Waals surface area contributed by atoms with Crippen molar-refractivity contribution in [3.63, 3.8) is 0 Å². The molecule has 0 aliphatic rings. The molecule has 21 heavy (non-hydrogen) atoms. The van der Waals surface area contributed by atoms with Crippen LogP contribution in [-0.4, -0.2) is 16.7 Å². The number of Topliss-reactive ketones (excluding diaryl/α,β-unsaturated/α-hetero) is 1. The van der Waals surface area contributed by atoms with Gasteiger partial charge in [0.1, 0.15) is 0 Å². The minimum atomic E-state index is -0.198. The molecule has 4 nitrogen and oxygen atoms in total. The Morgan fingerprint density at radius 3 is 2.71 bits per heavy atom. The standard InChI is InChI=1S/C16H15ClN2O2/c1-11-9-14(7-8-18-11)19-16(21)6-5-15(20)12-3-2-4-13(17)10-12/h2-4,7-10H,5-6H2,1H3,(H,18,19,21). The van der Waals surface area contributed by atoms with Crippen molar-refractivity contribution in [1.29, 1.82) is 0 Å². The van der Waals surface area contributed by atoms with Crippen LogP contribution in [0, 0.1) is 6.92 Å². The van der Waals surface area contributed by atoms with Crippen LogP contribution >= 0.6 is 11.6 Å². The summed E-state index contributed by atoms with van der Waals surface area (Å²) in [5, 5.41) is 3.26. The molecule has 1 N–H and O–H groups in total. The summed E-state index contributed by atoms with van der Waals surface area (Å²) < 4.78 is 0. The lowest BCUT2D eigenvalue weighted by atomic mass is 10.1. The van der Waals surface area contributed by atoms with Crippen LogP contribution in [-0.2, 0) is 4.79 Å². The van der Waals surface area contributed by atoms with E-state index in [1.54, 1.807) is 42.6 Å². The topological polar surface area (TPSA) is 59.1 Å². The van der Waals surface area contributed by atoms with Gasteiger partial charge in [0.2, 0.25) is 5.91 Å². The van der Waals surface area contributed by atoms with Gasteiger partial charge in [0.15, 0.2) is 5.78 Å². The number of aromatic nitrogens is 1. The Kier molecular flexibility index (Phi) is 5.06. The van der Waals surface area contributed by atoms with Crippen LogP contribution in [0.4, 0.5) is 5.69 Å². The summed E-state index contributed by atoms with van der Waals surface area (Å²) in [5.41, 5.74) is 2.03. The van der Waals surface area contributed by atoms with E-state index in [1.807, 2.05) is 6.92 Å². The average molecular weight is 303 g/mol. The monoisotopic (exact) mass is 302 g/mol. The summed E-state index contributed by atoms with van der Waals surface area (Å²) in [5.74, 6) is -0.297. The van der Waals surface area contributed by atoms with Crippen LogP contribution in [0.2, 0.25) is 5.02 Å². The number of hydrogen-bond donors (Lipinski definition) is 1. The molecule has 2 rings (SSSR count). The fourth-order valence-electron chi connectivity index (χ4n) is 1.88. The van der Waals surface area contributed by atoms with Crippen molar-refractivity contribution >= 4 is 29.0 Å². The molecule has 0 radical (unpaired) electrons. The van der Waals surface area contributed by atoms with Gasteiger partial charge in [-0.2, -0.15) is 0 Å². The van der Waals surface area contributed by atoms with Crippen LogP contribution in [0.25, 0.3) is 0 Å². The van der Waals surface area contributed by atoms with E-state index >= 15 is 0 Å². The zero-order valence-corrected chi connectivity index (χ0v) is 12.4. The van der Waals surface area contributed by atoms with E-state index in [4.69, 9.17) is 11.6 Å². The molecule has 0 fully saturated rings. The third kappa shape index (κ3) is 4.68. The van der Waals surface area contributed by atoms with Crippen LogP contribution in [0.15, 0.2) is 42.6 Å². The van der Waals surface area contributed by atoms with Crippen molar-refractivity contribution in [2.45, 2.75) is 19.8 Å². The molecule has 0 unspecified atom stereocenters. The largest absolute Gasteiger partial charge is 0.326 e. The zero-order valence-electron chi connectivity index (χ0n) is 11.6. The molecule has 0 spiro atoms. The van der Waals surface area contributed by atoms with Crippen molar-refractivity contribution in [1.82, 2.24) is 4.98 Å². The molecular weight excluding hydrogens is 288 g/mol. The minimum absolute atomic E-state index is 0.0986. The van der Waals surface area contributed by atoms with Gasteiger partial charge in [-0.1, -0.05) is 23.7 Å². The number of carbonyl (C=O) groups is 2. The van der Waals surface area contributed by atoms with Crippen LogP contribution in [0.3, 0.4) is 0 Å². The number of aryl methyl sites for hydroxylation is 1. The predicted molar refractivity (Wildman–Crippen MR) is 82.6 cm³/mol. The summed E-state index contributed by atoms with van der Waals surface area (Å²) in [6.45, 7) is 1.85. The van der Waals surface area contributed by atoms with E-state index in [0.717, 1.165) is 5.69 Å². The van der Waals surface area contributed by atoms with Crippen LogP contribution in [0.5, 0.6) is 0 Å². The smallest absolute Gasteiger partial charge is 0.224 e. The lowest BCUT2D eigenvalue weighted by molar-refractivity contribution is -0.116. The summed E-state index contributed by atoms with van der Waals surface area (Å²) in [6, 6.07) is 10.2. The second-order valence-corrected chi connectivity index (χ2v) is 5.10. The first-order chi connectivity index (χ1) is 10.0. The fourth-order valence-corrected chi connectivity index (χ4v) is 2.07. The summed E-state index contributed by atoms with van der Waals surface area (Å²) in [6.07, 6.45) is 1.91. The zero-order chi connectivity index (χ0) is 15.2. The summed E-state index contributed by atoms with van der Waals surface area (Å²) in [7, 11) is 0. The SMILES string of the molecule is Cc1cc(NC(=O)CCC(=O)c2cccc(Cl)c2)ccn1. The number of rotatable bonds is 5. The molecule has 1 aromatic carbocycles. The first-order valence-corrected chi connectivity index (χ1v) is 6.93. The van der Waals surface area contributed by atoms with E-state index in [1.165, 1.54) is 0 Å². The molecular formula is C16H15ClN2O2. The van der Waals surface area contributed by atoms with Crippen molar-refractivity contribution in [2.75, 3.05) is 5.32 Å². The van der Waals surface area contributed by atoms with E-state index in [0.29, 0.717) is 16.3 Å². The van der Waals surface area contributed by atoms with Gasteiger partial charge in [0, 0.05) is 41.0 Å². The van der Waals surface area contributed by atoms with Crippen molar-refractivity contribution in [3.8, 4) is 0 Å². The number of amides is 1. The van der Waals surface area contributed by atoms with Gasteiger partial charge in [-0.3, -0.25) is 14.6 Å². The van der Waals surface area contributed by atoms with E-state index < -0.39 is 0 Å². The van der Waals surface area contributed by atoms with Crippen LogP contribution < -0.4 is 5.32 Å². The molecule has 0 atom stereocenters. The first-order valence-electron chi connectivity index (χ1n) is 6.56. The number of hydrogen-bond acceptors (Lipinski definition) is 3. The molecule has 0 aliphatic carbocycles. The quantitative estimate of drug-likeness (QED) is 0.858. The number of halogens is 1. The molecule has 0 bridgehead atoms. The number of anilines is 1. The van der Waals surface area contributed by atoms with Gasteiger partial charge in [-0.25, -0.2) is 0 Å². The third-order valence-electron chi connectivity index (χ3n) is 2.91. The lowest BCUT2D eigenvalue weighted by Gasteiger charge is -2.05. The maximum absolute atomic E-state index is 12.0. The Morgan fingerprint density at radius 2 is 2.00 bits per heavy atom. The second kappa shape index (κ2) is 6.99. The minimum Gasteiger partial charge on any atom is -0.326 e. The molecule has 0 saturated heterocycles. The number of pyridine rings is 1. The summed E-state index contributed by atoms with van der Waals surface area (Å²) >= 11 is 5.84. The van der Waals surface area contributed by atoms with Gasteiger partial charge >= 0.3 is 0 Å². The van der Waals surface area contributed by atoms with E-state index in [-0.39, 0.29) is 24.5 Å². The highest BCUT2D eigenvalue weighted by molar-refractivity contribution is 6.31. The van der Waals surface area contributed by atoms with Gasteiger partial charge in [-0.05, 0) is 31.2 Å². The highest BCUT2D eigenvalue weighted by Gasteiger charge is 2.10. The van der Waals surface area contributed by atoms with E-state index in [9.17, 15) is 9.59 Å². The van der Waals surface area contributed by atoms with Gasteiger partial charge in [0.05, 0.1) is 0 Å². The van der Waals surface area contributed by atoms with Gasteiger partial charge < -0.3 is 5.32 Å². The highest BCUT2D eigenvalue weighted by Crippen LogP contribution is 2.14. The molecule has 108 valence electrons. The maximum atomic E-state index is 12.0. The number of nitrogens with zero attached hydrogens (tertiary/aromatic N) is 1. The van der Waals surface area contributed by atoms with E-state index in [2.05, 4.69) is 10.3 Å². The van der Waals surface area contributed by atoms with Crippen molar-refractivity contribution < 1.29 is 9.59 Å². The predicted octanol–water partition coefficient (Wildman–Crippen LogP) is 3.65. The Balaban J connectivity index is 1.88. The Morgan fingerprint density at radius 1 is 1.19 bits per heavy atom. The molecule has 1 heterocycles. The molecule has 0 saturated carbocycles. The first kappa shape index (κ1) is 15.2. The number of carbonyl (C=O) groups excluding carboxylic acids is 2. The molecule has 5 heteroatoms. The second-order valence-electron chi connectivity index (χ2n) is 4.67. The lowest BCUT2D eigenvalue weighted by Crippen LogP contribution is -2.13. The van der Waals surface area contributed by atoms with Crippen molar-refractivity contribution in [2.24, 2.45) is 0 Å². The highest BCUT2D eigenvalue weighted by atomic mass is 35.5. The Hall–Kier alpha value is -2.20. The molecule has 1 amide bonds. The Bertz CT molecular complexity index is 671. The average Bonchev–Trinajstić information content (AvgIpc) is 2.45. The number of benzene rings is 1. The molecule has 2 aromatic rings. The van der Waals surface area contributed by atoms with Crippen LogP contribution in [0.1, 0.15) is 28.9 Å². The molecule has 1 aromatic heterocycles. The number of ketones is 1. The molecule has 0 aliphatic heterocycles. The normalized spacial score (nSPS) is 10.2.